The van der Waals surface area contributed by atoms with E-state index < -0.39 is 119 Å². The number of halogens is 3. The van der Waals surface area contributed by atoms with E-state index in [0.717, 1.165) is 36.5 Å². The number of hydrogen-bond acceptors (Lipinski definition) is 18. The molecule has 288 valence electrons. The highest BCUT2D eigenvalue weighted by Crippen LogP contribution is 2.63. The Morgan fingerprint density at radius 2 is 1.65 bits per heavy atom. The predicted molar refractivity (Wildman–Crippen MR) is 155 cm³/mol. The zero-order chi connectivity index (χ0) is 38.2. The second-order valence-corrected chi connectivity index (χ2v) is 15.0. The number of rotatable bonds is 12. The molecule has 1 aliphatic carbocycles. The Balaban J connectivity index is 1.13. The molecule has 2 aromatic rings. The number of esters is 1. The van der Waals surface area contributed by atoms with Gasteiger partial charge in [-0.3, -0.25) is 23.4 Å². The molecule has 3 aliphatic heterocycles. The molecule has 3 saturated heterocycles. The monoisotopic (exact) mass is 792 g/mol. The van der Waals surface area contributed by atoms with Gasteiger partial charge in [-0.15, -0.1) is 0 Å². The molecule has 52 heavy (non-hydrogen) atoms. The molecule has 0 amide bonds. The summed E-state index contributed by atoms with van der Waals surface area (Å²) in [5.41, 5.74) is -3.75. The van der Waals surface area contributed by atoms with E-state index in [1.54, 1.807) is 0 Å². The van der Waals surface area contributed by atoms with Gasteiger partial charge < -0.3 is 49.5 Å². The summed E-state index contributed by atoms with van der Waals surface area (Å²) in [5, 5.41) is 51.2. The summed E-state index contributed by atoms with van der Waals surface area (Å²) in [6.07, 6.45) is -18.8. The zero-order valence-electron chi connectivity index (χ0n) is 25.7. The fourth-order valence-corrected chi connectivity index (χ4v) is 8.20. The first kappa shape index (κ1) is 38.8. The minimum atomic E-state index is -5.73. The summed E-state index contributed by atoms with van der Waals surface area (Å²) in [5.74, 6) is -2.47. The van der Waals surface area contributed by atoms with E-state index in [4.69, 9.17) is 14.2 Å². The zero-order valence-corrected chi connectivity index (χ0v) is 27.5. The lowest BCUT2D eigenvalue weighted by molar-refractivity contribution is -0.368. The summed E-state index contributed by atoms with van der Waals surface area (Å²) in [6, 6.07) is 4.72. The minimum Gasteiger partial charge on any atom is -0.451 e. The lowest BCUT2D eigenvalue weighted by atomic mass is 9.89. The molecule has 12 unspecified atom stereocenters. The molecule has 10 N–H and O–H groups in total. The van der Waals surface area contributed by atoms with Crippen molar-refractivity contribution >= 4 is 21.6 Å². The summed E-state index contributed by atoms with van der Waals surface area (Å²) >= 11 is 0. The van der Waals surface area contributed by atoms with Crippen molar-refractivity contribution in [2.75, 3.05) is 13.2 Å². The third kappa shape index (κ3) is 6.81. The lowest BCUT2D eigenvalue weighted by Gasteiger charge is -2.49. The number of aliphatic hydroxyl groups is 5. The second kappa shape index (κ2) is 13.4. The quantitative estimate of drug-likeness (QED) is 0.0578. The summed E-state index contributed by atoms with van der Waals surface area (Å²) < 4.78 is 95.4. The Morgan fingerprint density at radius 1 is 1.00 bits per heavy atom. The lowest BCUT2D eigenvalue weighted by Crippen LogP contribution is -2.69. The molecule has 22 nitrogen and oxygen atoms in total. The number of carbonyl (C=O) groups is 1. The van der Waals surface area contributed by atoms with E-state index in [0.29, 0.717) is 4.57 Å². The Hall–Kier alpha value is -2.94. The predicted octanol–water partition coefficient (Wildman–Crippen LogP) is -3.11. The van der Waals surface area contributed by atoms with Crippen molar-refractivity contribution in [3.8, 4) is 0 Å². The Morgan fingerprint density at radius 3 is 2.23 bits per heavy atom. The number of H-pyrrole nitrogens is 1. The number of aliphatic hydroxyl groups excluding tert-OH is 4. The van der Waals surface area contributed by atoms with Crippen molar-refractivity contribution in [2.45, 2.75) is 66.6 Å². The number of hydrazine groups is 1. The number of carbonyl (C=O) groups excluding carboxylic acids is 1. The van der Waals surface area contributed by atoms with Crippen LogP contribution in [0.15, 0.2) is 46.1 Å². The van der Waals surface area contributed by atoms with Gasteiger partial charge in [0, 0.05) is 18.2 Å². The molecule has 0 spiro atoms. The molecular formula is C25H29F3N4O18P2. The Bertz CT molecular complexity index is 1910. The molecule has 1 aromatic heterocycles. The van der Waals surface area contributed by atoms with E-state index in [1.807, 2.05) is 15.8 Å². The number of alkyl halides is 3. The van der Waals surface area contributed by atoms with E-state index in [2.05, 4.69) is 13.4 Å². The van der Waals surface area contributed by atoms with Crippen LogP contribution < -0.4 is 22.1 Å². The van der Waals surface area contributed by atoms with Gasteiger partial charge in [0.05, 0.1) is 24.9 Å². The van der Waals surface area contributed by atoms with Gasteiger partial charge in [0.1, 0.15) is 24.4 Å². The third-order valence-electron chi connectivity index (χ3n) is 8.81. The smallest absolute Gasteiger partial charge is 0.451 e. The van der Waals surface area contributed by atoms with E-state index >= 15 is 0 Å². The number of nitrogens with zero attached hydrogens (tertiary/aromatic N) is 1. The number of benzene rings is 1. The normalized spacial score (nSPS) is 35.9. The number of hydrogen-bond donors (Lipinski definition) is 10. The maximum Gasteiger partial charge on any atom is 0.483 e. The molecule has 4 aliphatic rings. The average molecular weight is 792 g/mol. The maximum atomic E-state index is 13.4. The fourth-order valence-electron chi connectivity index (χ4n) is 6.02. The number of phosphoric acid groups is 2. The first-order chi connectivity index (χ1) is 24.1. The Kier molecular flexibility index (Phi) is 10.0. The SMILES string of the molecule is O=C(OC1C(O)C(COP(=O)(O)OP(=O)(O)OC2OC3C(CO)C(O)C(O)C23O)OC1n1ccc(=O)[nH]c1=O)c1ccc(C2(C(F)(F)F)NN2)cc1. The van der Waals surface area contributed by atoms with E-state index in [1.165, 1.54) is 0 Å². The number of fused-ring (bicyclic) bond motifs is 1. The van der Waals surface area contributed by atoms with Gasteiger partial charge in [-0.25, -0.2) is 29.6 Å². The van der Waals surface area contributed by atoms with E-state index in [-0.39, 0.29) is 11.1 Å². The topological polar surface area (TPSA) is 347 Å². The largest absolute Gasteiger partial charge is 0.483 e. The van der Waals surface area contributed by atoms with Crippen LogP contribution in [0.1, 0.15) is 22.1 Å². The molecule has 6 rings (SSSR count). The molecule has 1 aromatic carbocycles. The number of aromatic amines is 1. The van der Waals surface area contributed by atoms with Gasteiger partial charge in [0.2, 0.25) is 12.0 Å². The van der Waals surface area contributed by atoms with E-state index in [9.17, 15) is 72.0 Å². The average Bonchev–Trinajstić information content (AvgIpc) is 3.81. The molecule has 4 heterocycles. The van der Waals surface area contributed by atoms with Gasteiger partial charge >= 0.3 is 33.5 Å². The van der Waals surface area contributed by atoms with Gasteiger partial charge in [-0.05, 0) is 17.7 Å². The van der Waals surface area contributed by atoms with Crippen molar-refractivity contribution in [3.05, 3.63) is 68.5 Å². The van der Waals surface area contributed by atoms with Crippen LogP contribution in [0.3, 0.4) is 0 Å². The van der Waals surface area contributed by atoms with Gasteiger partial charge in [-0.2, -0.15) is 17.5 Å². The van der Waals surface area contributed by atoms with Crippen molar-refractivity contribution < 1.29 is 90.0 Å². The molecular weight excluding hydrogens is 763 g/mol. The first-order valence-electron chi connectivity index (χ1n) is 14.8. The Labute approximate surface area is 286 Å². The minimum absolute atomic E-state index is 0.310. The van der Waals surface area contributed by atoms with Crippen molar-refractivity contribution in [2.24, 2.45) is 5.92 Å². The third-order valence-corrected chi connectivity index (χ3v) is 11.4. The highest BCUT2D eigenvalue weighted by molar-refractivity contribution is 7.61. The summed E-state index contributed by atoms with van der Waals surface area (Å²) in [7, 11) is -11.4. The molecule has 4 fully saturated rings. The van der Waals surface area contributed by atoms with Crippen LogP contribution in [0.5, 0.6) is 0 Å². The number of ether oxygens (including phenoxy) is 3. The molecule has 27 heteroatoms. The number of aromatic nitrogens is 2. The van der Waals surface area contributed by atoms with Crippen molar-refractivity contribution in [1.82, 2.24) is 20.4 Å². The van der Waals surface area contributed by atoms with Gasteiger partial charge in [0.15, 0.2) is 17.9 Å². The molecule has 1 saturated carbocycles. The summed E-state index contributed by atoms with van der Waals surface area (Å²) in [4.78, 5) is 59.3. The number of nitrogens with one attached hydrogen (secondary N) is 3. The van der Waals surface area contributed by atoms with Crippen LogP contribution in [0.25, 0.3) is 0 Å². The highest BCUT2D eigenvalue weighted by Gasteiger charge is 2.73. The van der Waals surface area contributed by atoms with Gasteiger partial charge in [0.25, 0.3) is 5.56 Å². The van der Waals surface area contributed by atoms with Crippen LogP contribution in [0, 0.1) is 5.92 Å². The highest BCUT2D eigenvalue weighted by atomic mass is 31.3. The standard InChI is InChI=1S/C25H29F3N4O18P2/c26-25(27,28)24(30-31-24)10-3-1-9(2-4-10)20(38)47-16-15(36)12(46-19(16)32-6-5-13(34)29-22(32)39)8-45-51(41,42)50-52(43,44)49-21-23(40)17(37)14(35)11(7-33)18(23)48-21/h1-6,11-12,14-19,21,30-31,33,35-37,40H,7-8H2,(H,41,42)(H,43,44)(H,29,34,39). The van der Waals surface area contributed by atoms with Crippen LogP contribution in [0.4, 0.5) is 13.2 Å². The molecule has 0 radical (unpaired) electrons. The number of phosphoric ester groups is 2. The fraction of sp³-hybridized carbons (Fsp3) is 0.560. The van der Waals surface area contributed by atoms with Crippen LogP contribution in [0.2, 0.25) is 0 Å². The van der Waals surface area contributed by atoms with Crippen LogP contribution >= 0.6 is 15.6 Å². The van der Waals surface area contributed by atoms with Gasteiger partial charge in [-0.1, -0.05) is 12.1 Å². The van der Waals surface area contributed by atoms with Crippen LogP contribution in [-0.2, 0) is 42.4 Å². The van der Waals surface area contributed by atoms with Crippen molar-refractivity contribution in [3.63, 3.8) is 0 Å². The summed E-state index contributed by atoms with van der Waals surface area (Å²) in [6.45, 7) is -1.96. The second-order valence-electron chi connectivity index (χ2n) is 12.0. The molecule has 12 atom stereocenters. The van der Waals surface area contributed by atoms with Crippen LogP contribution in [-0.4, -0.2) is 119 Å². The first-order valence-corrected chi connectivity index (χ1v) is 17.8. The van der Waals surface area contributed by atoms with Crippen molar-refractivity contribution in [1.29, 1.82) is 0 Å². The molecule has 0 bridgehead atoms. The maximum absolute atomic E-state index is 13.4.